The van der Waals surface area contributed by atoms with Crippen molar-refractivity contribution in [1.29, 1.82) is 0 Å². The van der Waals surface area contributed by atoms with Gasteiger partial charge in [0.1, 0.15) is 17.3 Å². The molecular formula is C9H15N3OS3. The zero-order valence-corrected chi connectivity index (χ0v) is 11.3. The molecule has 90 valence electrons. The molecule has 0 bridgehead atoms. The number of nitrogens with zero attached hydrogens (tertiary/aromatic N) is 1. The Morgan fingerprint density at radius 3 is 2.75 bits per heavy atom. The maximum absolute atomic E-state index is 11.4. The van der Waals surface area contributed by atoms with Gasteiger partial charge in [-0.15, -0.1) is 0 Å². The Labute approximate surface area is 107 Å². The van der Waals surface area contributed by atoms with Crippen molar-refractivity contribution in [2.45, 2.75) is 19.3 Å². The van der Waals surface area contributed by atoms with Crippen molar-refractivity contribution in [2.24, 2.45) is 11.1 Å². The van der Waals surface area contributed by atoms with Crippen molar-refractivity contribution in [1.82, 2.24) is 9.36 Å². The predicted molar refractivity (Wildman–Crippen MR) is 69.6 cm³/mol. The lowest BCUT2D eigenvalue weighted by atomic mass is 9.79. The minimum Gasteiger partial charge on any atom is -0.616 e. The molecule has 0 spiro atoms. The third-order valence-electron chi connectivity index (χ3n) is 3.18. The monoisotopic (exact) mass is 277 g/mol. The van der Waals surface area contributed by atoms with E-state index < -0.39 is 11.2 Å². The lowest BCUT2D eigenvalue weighted by Crippen LogP contribution is -2.41. The Balaban J connectivity index is 2.07. The van der Waals surface area contributed by atoms with E-state index in [9.17, 15) is 4.55 Å². The molecule has 0 amide bonds. The summed E-state index contributed by atoms with van der Waals surface area (Å²) in [5.41, 5.74) is 5.94. The second-order valence-electron chi connectivity index (χ2n) is 4.27. The minimum atomic E-state index is -0.645. The SMILES string of the molecule is NCC1(Cc2nsc(=S)[nH]2)CC[S+]([O-])CC1. The van der Waals surface area contributed by atoms with Crippen molar-refractivity contribution in [2.75, 3.05) is 18.1 Å². The van der Waals surface area contributed by atoms with Crippen LogP contribution in [0.2, 0.25) is 0 Å². The van der Waals surface area contributed by atoms with Gasteiger partial charge in [-0.2, -0.15) is 4.37 Å². The van der Waals surface area contributed by atoms with Crippen LogP contribution in [-0.2, 0) is 17.6 Å². The normalized spacial score (nSPS) is 30.5. The number of hydrogen-bond acceptors (Lipinski definition) is 5. The van der Waals surface area contributed by atoms with Crippen LogP contribution in [0.15, 0.2) is 0 Å². The number of nitrogens with two attached hydrogens (primary N) is 1. The van der Waals surface area contributed by atoms with Crippen LogP contribution in [0.1, 0.15) is 18.7 Å². The summed E-state index contributed by atoms with van der Waals surface area (Å²) in [6.07, 6.45) is 2.68. The molecule has 1 aromatic rings. The van der Waals surface area contributed by atoms with Gasteiger partial charge in [0.15, 0.2) is 3.95 Å². The van der Waals surface area contributed by atoms with Gasteiger partial charge in [0.2, 0.25) is 0 Å². The highest BCUT2D eigenvalue weighted by molar-refractivity contribution is 7.91. The topological polar surface area (TPSA) is 77.8 Å². The molecular weight excluding hydrogens is 262 g/mol. The summed E-state index contributed by atoms with van der Waals surface area (Å²) in [5.74, 6) is 2.46. The first-order chi connectivity index (χ1) is 7.63. The summed E-state index contributed by atoms with van der Waals surface area (Å²) in [7, 11) is 0. The van der Waals surface area contributed by atoms with Crippen LogP contribution in [0, 0.1) is 9.37 Å². The molecule has 1 aliphatic rings. The lowest BCUT2D eigenvalue weighted by molar-refractivity contribution is 0.259. The van der Waals surface area contributed by atoms with E-state index in [2.05, 4.69) is 9.36 Å². The first-order valence-corrected chi connectivity index (χ1v) is 7.90. The van der Waals surface area contributed by atoms with Crippen molar-refractivity contribution in [3.8, 4) is 0 Å². The zero-order valence-electron chi connectivity index (χ0n) is 8.90. The molecule has 3 N–H and O–H groups in total. The van der Waals surface area contributed by atoms with Gasteiger partial charge in [0.25, 0.3) is 0 Å². The molecule has 0 aliphatic carbocycles. The first kappa shape index (κ1) is 12.5. The molecule has 1 saturated heterocycles. The van der Waals surface area contributed by atoms with Gasteiger partial charge < -0.3 is 15.3 Å². The van der Waals surface area contributed by atoms with E-state index in [0.29, 0.717) is 10.5 Å². The van der Waals surface area contributed by atoms with Gasteiger partial charge in [-0.25, -0.2) is 0 Å². The maximum Gasteiger partial charge on any atom is 0.177 e. The Morgan fingerprint density at radius 1 is 1.56 bits per heavy atom. The zero-order chi connectivity index (χ0) is 11.6. The fourth-order valence-corrected chi connectivity index (χ4v) is 4.25. The summed E-state index contributed by atoms with van der Waals surface area (Å²) < 4.78 is 16.3. The van der Waals surface area contributed by atoms with Crippen molar-refractivity contribution >= 4 is 34.9 Å². The van der Waals surface area contributed by atoms with Gasteiger partial charge in [0.05, 0.1) is 0 Å². The molecule has 0 aromatic carbocycles. The number of aromatic nitrogens is 2. The van der Waals surface area contributed by atoms with Crippen LogP contribution >= 0.6 is 23.8 Å². The van der Waals surface area contributed by atoms with E-state index >= 15 is 0 Å². The Bertz CT molecular complexity index is 395. The average Bonchev–Trinajstić information content (AvgIpc) is 2.68. The standard InChI is InChI=1S/C9H15N3OS3/c10-6-9(1-3-16(13)4-2-9)5-7-11-8(14)15-12-7/h1-6,10H2,(H,11,12,14). The van der Waals surface area contributed by atoms with Crippen LogP contribution in [0.4, 0.5) is 0 Å². The van der Waals surface area contributed by atoms with E-state index in [-0.39, 0.29) is 5.41 Å². The van der Waals surface area contributed by atoms with Crippen molar-refractivity contribution in [3.63, 3.8) is 0 Å². The molecule has 2 heterocycles. The number of rotatable bonds is 3. The third-order valence-corrected chi connectivity index (χ3v) is 5.40. The van der Waals surface area contributed by atoms with Crippen molar-refractivity contribution < 1.29 is 4.55 Å². The van der Waals surface area contributed by atoms with Crippen LogP contribution in [0.3, 0.4) is 0 Å². The third kappa shape index (κ3) is 2.84. The molecule has 4 nitrogen and oxygen atoms in total. The largest absolute Gasteiger partial charge is 0.616 e. The molecule has 2 rings (SSSR count). The van der Waals surface area contributed by atoms with Crippen LogP contribution in [-0.4, -0.2) is 32.0 Å². The van der Waals surface area contributed by atoms with Gasteiger partial charge in [-0.3, -0.25) is 0 Å². The van der Waals surface area contributed by atoms with E-state index in [1.54, 1.807) is 0 Å². The summed E-state index contributed by atoms with van der Waals surface area (Å²) in [4.78, 5) is 3.08. The minimum absolute atomic E-state index is 0.0697. The highest BCUT2D eigenvalue weighted by atomic mass is 32.2. The molecule has 0 saturated carbocycles. The highest BCUT2D eigenvalue weighted by Crippen LogP contribution is 2.34. The maximum atomic E-state index is 11.4. The molecule has 1 aliphatic heterocycles. The molecule has 16 heavy (non-hydrogen) atoms. The van der Waals surface area contributed by atoms with Gasteiger partial charge >= 0.3 is 0 Å². The lowest BCUT2D eigenvalue weighted by Gasteiger charge is -2.35. The van der Waals surface area contributed by atoms with Crippen molar-refractivity contribution in [3.05, 3.63) is 9.78 Å². The highest BCUT2D eigenvalue weighted by Gasteiger charge is 2.36. The second-order valence-corrected chi connectivity index (χ2v) is 7.41. The van der Waals surface area contributed by atoms with Gasteiger partial charge in [-0.1, -0.05) is 11.2 Å². The molecule has 0 unspecified atom stereocenters. The summed E-state index contributed by atoms with van der Waals surface area (Å²) in [6, 6.07) is 0. The van der Waals surface area contributed by atoms with E-state index in [0.717, 1.165) is 36.6 Å². The summed E-state index contributed by atoms with van der Waals surface area (Å²) in [6.45, 7) is 0.627. The molecule has 1 fully saturated rings. The average molecular weight is 277 g/mol. The van der Waals surface area contributed by atoms with Gasteiger partial charge in [0, 0.05) is 6.42 Å². The molecule has 1 aromatic heterocycles. The van der Waals surface area contributed by atoms with E-state index in [1.165, 1.54) is 11.5 Å². The summed E-state index contributed by atoms with van der Waals surface area (Å²) in [5, 5.41) is 0. The number of hydrogen-bond donors (Lipinski definition) is 2. The number of nitrogens with one attached hydrogen (secondary N) is 1. The Hall–Kier alpha value is 0.0500. The first-order valence-electron chi connectivity index (χ1n) is 5.23. The summed E-state index contributed by atoms with van der Waals surface area (Å²) >= 11 is 5.68. The predicted octanol–water partition coefficient (Wildman–Crippen LogP) is 1.23. The number of aromatic amines is 1. The molecule has 0 atom stereocenters. The molecule has 7 heteroatoms. The Kier molecular flexibility index (Phi) is 4.01. The number of H-pyrrole nitrogens is 1. The molecule has 0 radical (unpaired) electrons. The Morgan fingerprint density at radius 2 is 2.25 bits per heavy atom. The fraction of sp³-hybridized carbons (Fsp3) is 0.778. The van der Waals surface area contributed by atoms with Gasteiger partial charge in [-0.05, 0) is 48.6 Å². The smallest absolute Gasteiger partial charge is 0.177 e. The quantitative estimate of drug-likeness (QED) is 0.643. The van der Waals surface area contributed by atoms with Crippen LogP contribution in [0.5, 0.6) is 0 Å². The van der Waals surface area contributed by atoms with Crippen LogP contribution < -0.4 is 5.73 Å². The second kappa shape index (κ2) is 5.14. The fourth-order valence-electron chi connectivity index (χ4n) is 2.03. The van der Waals surface area contributed by atoms with E-state index in [1.807, 2.05) is 0 Å². The van der Waals surface area contributed by atoms with E-state index in [4.69, 9.17) is 18.0 Å². The van der Waals surface area contributed by atoms with Crippen LogP contribution in [0.25, 0.3) is 0 Å².